The molecule has 0 aliphatic carbocycles. The van der Waals surface area contributed by atoms with Crippen LogP contribution in [-0.4, -0.2) is 74.5 Å². The molecule has 10 heteroatoms. The highest BCUT2D eigenvalue weighted by Gasteiger charge is 2.50. The van der Waals surface area contributed by atoms with E-state index in [4.69, 9.17) is 0 Å². The number of hydrogen-bond acceptors (Lipinski definition) is 6. The number of halogens is 1. The lowest BCUT2D eigenvalue weighted by molar-refractivity contribution is -0.205. The van der Waals surface area contributed by atoms with E-state index in [2.05, 4.69) is 6.58 Å². The van der Waals surface area contributed by atoms with Gasteiger partial charge in [-0.3, -0.25) is 14.4 Å². The van der Waals surface area contributed by atoms with E-state index in [1.807, 2.05) is 36.4 Å². The Kier molecular flexibility index (Phi) is 8.83. The Morgan fingerprint density at radius 3 is 2.47 bits per heavy atom. The molecule has 0 spiro atoms. The second-order valence-electron chi connectivity index (χ2n) is 10.7. The van der Waals surface area contributed by atoms with Gasteiger partial charge < -0.3 is 14.9 Å². The van der Waals surface area contributed by atoms with E-state index in [0.717, 1.165) is 11.1 Å². The Labute approximate surface area is 249 Å². The molecule has 0 radical (unpaired) electrons. The van der Waals surface area contributed by atoms with Gasteiger partial charge in [-0.1, -0.05) is 54.6 Å². The SMILES string of the molecule is C=CCN1CC(=O)N2[C@@H](Cc3ccc(O)cc3)C(=O)N(Cc3ccc(F)c(C#N)c3)C[C@@H]2N1C(=O)CCc1ccccc1. The minimum Gasteiger partial charge on any atom is -0.508 e. The number of nitrogens with zero attached hydrogens (tertiary/aromatic N) is 5. The van der Waals surface area contributed by atoms with Crippen LogP contribution in [0.5, 0.6) is 5.75 Å². The molecule has 5 rings (SSSR count). The summed E-state index contributed by atoms with van der Waals surface area (Å²) in [5, 5.41) is 22.4. The number of aromatic hydroxyl groups is 1. The van der Waals surface area contributed by atoms with Gasteiger partial charge in [-0.2, -0.15) is 5.26 Å². The Hall–Kier alpha value is -5.01. The van der Waals surface area contributed by atoms with Crippen molar-refractivity contribution in [3.8, 4) is 11.8 Å². The largest absolute Gasteiger partial charge is 0.508 e. The van der Waals surface area contributed by atoms with Crippen LogP contribution in [0.1, 0.15) is 28.7 Å². The number of benzene rings is 3. The summed E-state index contributed by atoms with van der Waals surface area (Å²) in [6, 6.07) is 21.1. The number of phenols is 1. The monoisotopic (exact) mass is 581 g/mol. The van der Waals surface area contributed by atoms with Crippen molar-refractivity contribution in [3.63, 3.8) is 0 Å². The van der Waals surface area contributed by atoms with Crippen molar-refractivity contribution in [2.75, 3.05) is 19.6 Å². The third-order valence-corrected chi connectivity index (χ3v) is 7.79. The third kappa shape index (κ3) is 6.42. The average molecular weight is 582 g/mol. The number of nitriles is 1. The summed E-state index contributed by atoms with van der Waals surface area (Å²) in [5.74, 6) is -1.38. The van der Waals surface area contributed by atoms with Gasteiger partial charge in [0.15, 0.2) is 0 Å². The minimum absolute atomic E-state index is 0.0284. The second-order valence-corrected chi connectivity index (χ2v) is 10.7. The Balaban J connectivity index is 1.50. The number of carbonyl (C=O) groups excluding carboxylic acids is 3. The maximum atomic E-state index is 14.1. The summed E-state index contributed by atoms with van der Waals surface area (Å²) in [4.78, 5) is 44.7. The molecule has 2 atom stereocenters. The van der Waals surface area contributed by atoms with Gasteiger partial charge in [0, 0.05) is 25.9 Å². The van der Waals surface area contributed by atoms with Gasteiger partial charge in [-0.25, -0.2) is 14.4 Å². The average Bonchev–Trinajstić information content (AvgIpc) is 3.00. The van der Waals surface area contributed by atoms with Gasteiger partial charge in [0.1, 0.15) is 29.8 Å². The molecule has 0 saturated carbocycles. The van der Waals surface area contributed by atoms with E-state index < -0.39 is 18.0 Å². The number of carbonyl (C=O) groups is 3. The number of rotatable bonds is 9. The Morgan fingerprint density at radius 2 is 1.77 bits per heavy atom. The van der Waals surface area contributed by atoms with Crippen molar-refractivity contribution in [2.24, 2.45) is 0 Å². The molecule has 0 unspecified atom stereocenters. The summed E-state index contributed by atoms with van der Waals surface area (Å²) >= 11 is 0. The smallest absolute Gasteiger partial charge is 0.246 e. The van der Waals surface area contributed by atoms with Crippen LogP contribution >= 0.6 is 0 Å². The zero-order valence-corrected chi connectivity index (χ0v) is 23.6. The van der Waals surface area contributed by atoms with Crippen LogP contribution in [0.3, 0.4) is 0 Å². The molecule has 0 bridgehead atoms. The van der Waals surface area contributed by atoms with E-state index in [9.17, 15) is 29.1 Å². The molecule has 2 saturated heterocycles. The Morgan fingerprint density at radius 1 is 1.05 bits per heavy atom. The topological polar surface area (TPSA) is 108 Å². The van der Waals surface area contributed by atoms with Crippen LogP contribution in [0.4, 0.5) is 4.39 Å². The molecule has 3 aromatic rings. The van der Waals surface area contributed by atoms with E-state index in [1.165, 1.54) is 35.2 Å². The molecular formula is C33H32FN5O4. The van der Waals surface area contributed by atoms with Gasteiger partial charge in [0.05, 0.1) is 18.7 Å². The molecule has 2 heterocycles. The van der Waals surface area contributed by atoms with Gasteiger partial charge in [-0.15, -0.1) is 6.58 Å². The predicted octanol–water partition coefficient (Wildman–Crippen LogP) is 3.39. The molecule has 43 heavy (non-hydrogen) atoms. The van der Waals surface area contributed by atoms with Crippen LogP contribution in [0.25, 0.3) is 0 Å². The molecule has 3 amide bonds. The molecule has 3 aromatic carbocycles. The zero-order chi connectivity index (χ0) is 30.5. The fourth-order valence-electron chi connectivity index (χ4n) is 5.75. The number of hydrazine groups is 1. The van der Waals surface area contributed by atoms with E-state index in [0.29, 0.717) is 12.0 Å². The van der Waals surface area contributed by atoms with Crippen molar-refractivity contribution < 1.29 is 23.9 Å². The van der Waals surface area contributed by atoms with Gasteiger partial charge in [0.2, 0.25) is 17.7 Å². The predicted molar refractivity (Wildman–Crippen MR) is 156 cm³/mol. The quantitative estimate of drug-likeness (QED) is 0.388. The van der Waals surface area contributed by atoms with Crippen LogP contribution in [0.15, 0.2) is 85.5 Å². The van der Waals surface area contributed by atoms with Crippen LogP contribution < -0.4 is 0 Å². The molecule has 9 nitrogen and oxygen atoms in total. The molecule has 2 aliphatic heterocycles. The first-order chi connectivity index (χ1) is 20.8. The highest BCUT2D eigenvalue weighted by Crippen LogP contribution is 2.30. The van der Waals surface area contributed by atoms with Crippen molar-refractivity contribution in [1.82, 2.24) is 19.8 Å². The summed E-state index contributed by atoms with van der Waals surface area (Å²) in [6.07, 6.45) is 1.70. The van der Waals surface area contributed by atoms with Crippen molar-refractivity contribution >= 4 is 17.7 Å². The van der Waals surface area contributed by atoms with E-state index in [-0.39, 0.29) is 68.1 Å². The molecular weight excluding hydrogens is 549 g/mol. The van der Waals surface area contributed by atoms with E-state index >= 15 is 0 Å². The summed E-state index contributed by atoms with van der Waals surface area (Å²) in [6.45, 7) is 4.06. The Bertz CT molecular complexity index is 1560. The minimum atomic E-state index is -0.929. The first kappa shape index (κ1) is 29.5. The fourth-order valence-corrected chi connectivity index (χ4v) is 5.75. The molecule has 2 aliphatic rings. The number of phenolic OH excluding ortho intramolecular Hbond substituents is 1. The molecule has 0 aromatic heterocycles. The lowest BCUT2D eigenvalue weighted by Gasteiger charge is -2.55. The standard InChI is InChI=1S/C33H32FN5O4/c1-2-16-37-22-32(42)38-29(18-24-8-12-27(40)13-9-24)33(43)36(20-25-10-14-28(34)26(17-25)19-35)21-30(38)39(37)31(41)15-11-23-6-4-3-5-7-23/h2-10,12-14,17,29-30,40H,1,11,15-16,18,20-22H2/t29-,30-/m0/s1. The lowest BCUT2D eigenvalue weighted by atomic mass is 9.97. The number of amides is 3. The number of aryl methyl sites for hydroxylation is 1. The van der Waals surface area contributed by atoms with Crippen LogP contribution in [0, 0.1) is 17.1 Å². The maximum Gasteiger partial charge on any atom is 0.246 e. The van der Waals surface area contributed by atoms with Crippen molar-refractivity contribution in [2.45, 2.75) is 38.0 Å². The first-order valence-corrected chi connectivity index (χ1v) is 14.1. The number of fused-ring (bicyclic) bond motifs is 1. The number of piperazine rings is 1. The molecule has 2 fully saturated rings. The molecule has 1 N–H and O–H groups in total. The van der Waals surface area contributed by atoms with Crippen molar-refractivity contribution in [3.05, 3.63) is 114 Å². The number of hydrogen-bond donors (Lipinski definition) is 1. The van der Waals surface area contributed by atoms with E-state index in [1.54, 1.807) is 33.1 Å². The normalized spacial score (nSPS) is 18.7. The van der Waals surface area contributed by atoms with Crippen LogP contribution in [0.2, 0.25) is 0 Å². The van der Waals surface area contributed by atoms with Gasteiger partial charge >= 0.3 is 0 Å². The highest BCUT2D eigenvalue weighted by atomic mass is 19.1. The lowest BCUT2D eigenvalue weighted by Crippen LogP contribution is -2.75. The second kappa shape index (κ2) is 12.9. The highest BCUT2D eigenvalue weighted by molar-refractivity contribution is 5.92. The fraction of sp³-hybridized carbons (Fsp3) is 0.273. The summed E-state index contributed by atoms with van der Waals surface area (Å²) < 4.78 is 14.1. The maximum absolute atomic E-state index is 14.1. The first-order valence-electron chi connectivity index (χ1n) is 14.1. The molecule has 220 valence electrons. The summed E-state index contributed by atoms with van der Waals surface area (Å²) in [7, 11) is 0. The zero-order valence-electron chi connectivity index (χ0n) is 23.6. The third-order valence-electron chi connectivity index (χ3n) is 7.79. The van der Waals surface area contributed by atoms with Gasteiger partial charge in [-0.05, 0) is 47.4 Å². The van der Waals surface area contributed by atoms with Gasteiger partial charge in [0.25, 0.3) is 0 Å². The van der Waals surface area contributed by atoms with Crippen molar-refractivity contribution in [1.29, 1.82) is 5.26 Å². The summed E-state index contributed by atoms with van der Waals surface area (Å²) in [5.41, 5.74) is 2.15. The van der Waals surface area contributed by atoms with Crippen LogP contribution in [-0.2, 0) is 33.8 Å².